The van der Waals surface area contributed by atoms with Crippen molar-refractivity contribution in [3.63, 3.8) is 0 Å². The van der Waals surface area contributed by atoms with E-state index in [1.54, 1.807) is 15.7 Å². The predicted molar refractivity (Wildman–Crippen MR) is 95.0 cm³/mol. The molecule has 1 amide bonds. The van der Waals surface area contributed by atoms with Crippen molar-refractivity contribution in [1.82, 2.24) is 34.9 Å². The molecule has 0 bridgehead atoms. The van der Waals surface area contributed by atoms with Crippen LogP contribution >= 0.6 is 0 Å². The predicted octanol–water partition coefficient (Wildman–Crippen LogP) is 0.961. The molecule has 0 spiro atoms. The Morgan fingerprint density at radius 3 is 2.96 bits per heavy atom. The Balaban J connectivity index is 1.31. The minimum Gasteiger partial charge on any atom is -0.351 e. The number of carbonyl (C=O) groups is 1. The van der Waals surface area contributed by atoms with Crippen LogP contribution in [0.3, 0.4) is 0 Å². The average molecular weight is 348 g/mol. The van der Waals surface area contributed by atoms with Gasteiger partial charge < -0.3 is 9.80 Å². The molecule has 9 nitrogen and oxygen atoms in total. The van der Waals surface area contributed by atoms with Crippen molar-refractivity contribution < 1.29 is 4.79 Å². The van der Waals surface area contributed by atoms with Crippen molar-refractivity contribution in [1.29, 1.82) is 0 Å². The Morgan fingerprint density at radius 1 is 1.23 bits per heavy atom. The fraction of sp³-hybridized carbons (Fsp3) is 0.235. The number of aromatic nitrogens is 6. The van der Waals surface area contributed by atoms with E-state index in [-0.39, 0.29) is 11.9 Å². The first-order valence-corrected chi connectivity index (χ1v) is 8.33. The number of carbonyl (C=O) groups excluding carboxylic acids is 1. The van der Waals surface area contributed by atoms with E-state index in [1.807, 2.05) is 43.4 Å². The molecule has 4 heterocycles. The fourth-order valence-electron chi connectivity index (χ4n) is 3.23. The zero-order chi connectivity index (χ0) is 17.7. The lowest BCUT2D eigenvalue weighted by molar-refractivity contribution is 0.0701. The van der Waals surface area contributed by atoms with E-state index in [1.165, 1.54) is 0 Å². The number of benzene rings is 1. The Kier molecular flexibility index (Phi) is 3.14. The van der Waals surface area contributed by atoms with Gasteiger partial charge in [-0.15, -0.1) is 15.3 Å². The smallest absolute Gasteiger partial charge is 0.275 e. The fourth-order valence-corrected chi connectivity index (χ4v) is 3.23. The lowest BCUT2D eigenvalue weighted by Gasteiger charge is -2.44. The summed E-state index contributed by atoms with van der Waals surface area (Å²) in [5.74, 6) is 0.772. The first-order valence-electron chi connectivity index (χ1n) is 8.33. The number of anilines is 1. The molecule has 0 atom stereocenters. The van der Waals surface area contributed by atoms with Crippen LogP contribution in [0.4, 0.5) is 5.82 Å². The van der Waals surface area contributed by atoms with Crippen molar-refractivity contribution in [3.8, 4) is 0 Å². The van der Waals surface area contributed by atoms with E-state index >= 15 is 0 Å². The summed E-state index contributed by atoms with van der Waals surface area (Å²) in [6, 6.07) is 11.6. The number of rotatable bonds is 3. The van der Waals surface area contributed by atoms with E-state index in [0.717, 1.165) is 29.8 Å². The second-order valence-corrected chi connectivity index (χ2v) is 6.42. The van der Waals surface area contributed by atoms with Crippen LogP contribution in [-0.4, -0.2) is 67.0 Å². The Labute approximate surface area is 148 Å². The molecule has 1 fully saturated rings. The maximum absolute atomic E-state index is 12.8. The third-order valence-corrected chi connectivity index (χ3v) is 4.87. The maximum atomic E-state index is 12.8. The molecule has 0 aliphatic carbocycles. The molecule has 1 aliphatic heterocycles. The summed E-state index contributed by atoms with van der Waals surface area (Å²) in [6.07, 6.45) is 1.58. The molecule has 0 radical (unpaired) electrons. The summed E-state index contributed by atoms with van der Waals surface area (Å²) < 4.78 is 1.65. The number of nitrogens with zero attached hydrogens (tertiary/aromatic N) is 7. The monoisotopic (exact) mass is 348 g/mol. The van der Waals surface area contributed by atoms with Crippen LogP contribution < -0.4 is 4.90 Å². The van der Waals surface area contributed by atoms with Gasteiger partial charge in [0.15, 0.2) is 11.3 Å². The standard InChI is InChI=1S/C17H16N8O/c1-23(17(26)16-12-4-2-3-5-13(12)19-21-16)11-8-24(9-11)15-7-6-14-20-18-10-25(14)22-15/h2-7,10-11H,8-9H2,1H3,(H,19,21). The lowest BCUT2D eigenvalue weighted by atomic mass is 10.1. The van der Waals surface area contributed by atoms with Crippen LogP contribution in [0.15, 0.2) is 42.7 Å². The quantitative estimate of drug-likeness (QED) is 0.592. The largest absolute Gasteiger partial charge is 0.351 e. The van der Waals surface area contributed by atoms with Crippen LogP contribution in [0.5, 0.6) is 0 Å². The van der Waals surface area contributed by atoms with Gasteiger partial charge in [0.2, 0.25) is 0 Å². The summed E-state index contributed by atoms with van der Waals surface area (Å²) in [7, 11) is 1.82. The highest BCUT2D eigenvalue weighted by Crippen LogP contribution is 2.23. The van der Waals surface area contributed by atoms with Crippen molar-refractivity contribution in [2.45, 2.75) is 6.04 Å². The van der Waals surface area contributed by atoms with E-state index in [0.29, 0.717) is 11.3 Å². The second-order valence-electron chi connectivity index (χ2n) is 6.42. The lowest BCUT2D eigenvalue weighted by Crippen LogP contribution is -2.60. The maximum Gasteiger partial charge on any atom is 0.275 e. The highest BCUT2D eigenvalue weighted by atomic mass is 16.2. The summed E-state index contributed by atoms with van der Waals surface area (Å²) in [5, 5.41) is 20.2. The van der Waals surface area contributed by atoms with Gasteiger partial charge in [0.05, 0.1) is 11.6 Å². The van der Waals surface area contributed by atoms with Gasteiger partial charge in [0.25, 0.3) is 5.91 Å². The van der Waals surface area contributed by atoms with Gasteiger partial charge >= 0.3 is 0 Å². The summed E-state index contributed by atoms with van der Waals surface area (Å²) in [6.45, 7) is 1.45. The van der Waals surface area contributed by atoms with E-state index in [2.05, 4.69) is 30.4 Å². The molecule has 1 aliphatic rings. The number of amides is 1. The van der Waals surface area contributed by atoms with Crippen molar-refractivity contribution in [2.75, 3.05) is 25.0 Å². The molecule has 26 heavy (non-hydrogen) atoms. The molecule has 4 aromatic rings. The molecule has 5 rings (SSSR count). The Hall–Kier alpha value is -3.49. The number of H-pyrrole nitrogens is 1. The van der Waals surface area contributed by atoms with Crippen molar-refractivity contribution >= 4 is 28.3 Å². The number of fused-ring (bicyclic) bond motifs is 2. The van der Waals surface area contributed by atoms with Crippen molar-refractivity contribution in [3.05, 3.63) is 48.4 Å². The number of hydrogen-bond acceptors (Lipinski definition) is 6. The minimum atomic E-state index is -0.0747. The summed E-state index contributed by atoms with van der Waals surface area (Å²) >= 11 is 0. The molecule has 1 saturated heterocycles. The summed E-state index contributed by atoms with van der Waals surface area (Å²) in [5.41, 5.74) is 2.04. The normalized spacial score (nSPS) is 14.7. The van der Waals surface area contributed by atoms with Crippen molar-refractivity contribution in [2.24, 2.45) is 0 Å². The Bertz CT molecular complexity index is 1110. The zero-order valence-corrected chi connectivity index (χ0v) is 14.1. The minimum absolute atomic E-state index is 0.0747. The van der Waals surface area contributed by atoms with E-state index in [9.17, 15) is 4.79 Å². The highest BCUT2D eigenvalue weighted by Gasteiger charge is 2.34. The highest BCUT2D eigenvalue weighted by molar-refractivity contribution is 6.04. The molecular formula is C17H16N8O. The molecule has 9 heteroatoms. The molecule has 0 unspecified atom stereocenters. The van der Waals surface area contributed by atoms with Gasteiger partial charge in [-0.2, -0.15) is 9.61 Å². The molecule has 0 saturated carbocycles. The van der Waals surface area contributed by atoms with Crippen LogP contribution in [0, 0.1) is 0 Å². The SMILES string of the molecule is CN(C(=O)c1n[nH]c2ccccc12)C1CN(c2ccc3nncn3n2)C1. The van der Waals surface area contributed by atoms with Crippen LogP contribution in [0.25, 0.3) is 16.6 Å². The van der Waals surface area contributed by atoms with Crippen LogP contribution in [-0.2, 0) is 0 Å². The van der Waals surface area contributed by atoms with Gasteiger partial charge in [0.1, 0.15) is 12.1 Å². The summed E-state index contributed by atoms with van der Waals surface area (Å²) in [4.78, 5) is 16.7. The number of hydrogen-bond donors (Lipinski definition) is 1. The molecule has 130 valence electrons. The van der Waals surface area contributed by atoms with Gasteiger partial charge in [0, 0.05) is 25.5 Å². The molecule has 1 aromatic carbocycles. The first-order chi connectivity index (χ1) is 12.7. The van der Waals surface area contributed by atoms with E-state index in [4.69, 9.17) is 0 Å². The number of aromatic amines is 1. The third kappa shape index (κ3) is 2.20. The number of nitrogens with one attached hydrogen (secondary N) is 1. The second kappa shape index (κ2) is 5.51. The number of para-hydroxylation sites is 1. The van der Waals surface area contributed by atoms with E-state index < -0.39 is 0 Å². The van der Waals surface area contributed by atoms with Gasteiger partial charge in [-0.1, -0.05) is 18.2 Å². The van der Waals surface area contributed by atoms with Gasteiger partial charge in [-0.3, -0.25) is 9.89 Å². The first kappa shape index (κ1) is 14.8. The Morgan fingerprint density at radius 2 is 2.08 bits per heavy atom. The molecule has 3 aromatic heterocycles. The van der Waals surface area contributed by atoms with Crippen LogP contribution in [0.2, 0.25) is 0 Å². The van der Waals surface area contributed by atoms with Crippen LogP contribution in [0.1, 0.15) is 10.5 Å². The zero-order valence-electron chi connectivity index (χ0n) is 14.1. The topological polar surface area (TPSA) is 95.3 Å². The van der Waals surface area contributed by atoms with Gasteiger partial charge in [-0.05, 0) is 18.2 Å². The third-order valence-electron chi connectivity index (χ3n) is 4.87. The average Bonchev–Trinajstić information content (AvgIpc) is 3.26. The number of likely N-dealkylation sites (N-methyl/N-ethyl adjacent to an activating group) is 1. The van der Waals surface area contributed by atoms with Gasteiger partial charge in [-0.25, -0.2) is 0 Å². The molecular weight excluding hydrogens is 332 g/mol. The molecule has 1 N–H and O–H groups in total.